The minimum Gasteiger partial charge on any atom is -0.412 e. The minimum absolute atomic E-state index is 0.0135. The monoisotopic (exact) mass is 319 g/mol. The lowest BCUT2D eigenvalue weighted by Gasteiger charge is -2.17. The van der Waals surface area contributed by atoms with Crippen molar-refractivity contribution in [2.24, 2.45) is 5.41 Å². The van der Waals surface area contributed by atoms with E-state index in [0.29, 0.717) is 17.8 Å². The Hall–Kier alpha value is -2.84. The summed E-state index contributed by atoms with van der Waals surface area (Å²) in [7, 11) is 0. The van der Waals surface area contributed by atoms with Gasteiger partial charge in [-0.2, -0.15) is 0 Å². The maximum Gasteiger partial charge on any atom is 0.308 e. The molecule has 9 nitrogen and oxygen atoms in total. The zero-order chi connectivity index (χ0) is 17.2. The first-order valence-corrected chi connectivity index (χ1v) is 6.90. The van der Waals surface area contributed by atoms with E-state index >= 15 is 0 Å². The summed E-state index contributed by atoms with van der Waals surface area (Å²) in [6, 6.07) is 1.28. The first-order chi connectivity index (χ1) is 10.7. The minimum atomic E-state index is -0.566. The fraction of sp³-hybridized carbons (Fsp3) is 0.429. The van der Waals surface area contributed by atoms with Crippen LogP contribution in [-0.4, -0.2) is 32.6 Å². The van der Waals surface area contributed by atoms with Crippen molar-refractivity contribution in [3.05, 3.63) is 34.0 Å². The lowest BCUT2D eigenvalue weighted by atomic mass is 9.97. The fourth-order valence-electron chi connectivity index (χ4n) is 1.68. The number of hydrogen-bond donors (Lipinski definition) is 1. The SMILES string of the molecule is Cc1ncc([N+](=O)[O-])cc1-c1nnc(C(=O)NCC(C)(C)C)o1. The van der Waals surface area contributed by atoms with Crippen LogP contribution in [0.3, 0.4) is 0 Å². The van der Waals surface area contributed by atoms with E-state index in [4.69, 9.17) is 4.42 Å². The molecule has 2 heterocycles. The van der Waals surface area contributed by atoms with Gasteiger partial charge in [0.1, 0.15) is 6.20 Å². The molecule has 2 aromatic heterocycles. The summed E-state index contributed by atoms with van der Waals surface area (Å²) in [6.07, 6.45) is 1.14. The van der Waals surface area contributed by atoms with Crippen molar-refractivity contribution in [1.82, 2.24) is 20.5 Å². The van der Waals surface area contributed by atoms with Gasteiger partial charge in [0.25, 0.3) is 5.69 Å². The normalized spacial score (nSPS) is 11.3. The molecule has 0 aliphatic heterocycles. The highest BCUT2D eigenvalue weighted by atomic mass is 16.6. The Balaban J connectivity index is 2.24. The molecule has 2 rings (SSSR count). The van der Waals surface area contributed by atoms with Crippen LogP contribution < -0.4 is 5.32 Å². The third kappa shape index (κ3) is 4.09. The van der Waals surface area contributed by atoms with Crippen LogP contribution in [0.1, 0.15) is 37.2 Å². The molecular weight excluding hydrogens is 302 g/mol. The lowest BCUT2D eigenvalue weighted by molar-refractivity contribution is -0.385. The van der Waals surface area contributed by atoms with Gasteiger partial charge in [0.15, 0.2) is 0 Å². The molecule has 0 aliphatic rings. The van der Waals surface area contributed by atoms with Crippen molar-refractivity contribution >= 4 is 11.6 Å². The van der Waals surface area contributed by atoms with Gasteiger partial charge in [-0.3, -0.25) is 19.9 Å². The van der Waals surface area contributed by atoms with Gasteiger partial charge in [0, 0.05) is 12.6 Å². The molecule has 0 saturated heterocycles. The molecule has 122 valence electrons. The molecule has 0 fully saturated rings. The topological polar surface area (TPSA) is 124 Å². The Labute approximate surface area is 132 Å². The Kier molecular flexibility index (Phi) is 4.39. The van der Waals surface area contributed by atoms with E-state index in [1.54, 1.807) is 6.92 Å². The van der Waals surface area contributed by atoms with Gasteiger partial charge >= 0.3 is 11.8 Å². The maximum absolute atomic E-state index is 12.0. The Morgan fingerprint density at radius 1 is 1.39 bits per heavy atom. The molecule has 0 aromatic carbocycles. The zero-order valence-electron chi connectivity index (χ0n) is 13.3. The predicted molar refractivity (Wildman–Crippen MR) is 80.7 cm³/mol. The molecule has 0 spiro atoms. The second-order valence-corrected chi connectivity index (χ2v) is 6.24. The van der Waals surface area contributed by atoms with E-state index in [9.17, 15) is 14.9 Å². The predicted octanol–water partition coefficient (Wildman–Crippen LogP) is 2.12. The van der Waals surface area contributed by atoms with Crippen LogP contribution in [0.25, 0.3) is 11.5 Å². The van der Waals surface area contributed by atoms with Gasteiger partial charge in [-0.25, -0.2) is 0 Å². The second kappa shape index (κ2) is 6.11. The van der Waals surface area contributed by atoms with Crippen molar-refractivity contribution in [2.45, 2.75) is 27.7 Å². The molecule has 23 heavy (non-hydrogen) atoms. The number of carbonyl (C=O) groups is 1. The summed E-state index contributed by atoms with van der Waals surface area (Å²) in [5.41, 5.74) is 0.531. The first kappa shape index (κ1) is 16.5. The average Bonchev–Trinajstić information content (AvgIpc) is 2.93. The highest BCUT2D eigenvalue weighted by Gasteiger charge is 2.21. The van der Waals surface area contributed by atoms with Gasteiger partial charge < -0.3 is 9.73 Å². The first-order valence-electron chi connectivity index (χ1n) is 6.90. The number of hydrogen-bond acceptors (Lipinski definition) is 7. The number of aromatic nitrogens is 3. The van der Waals surface area contributed by atoms with Crippen LogP contribution in [0.15, 0.2) is 16.7 Å². The molecular formula is C14H17N5O4. The van der Waals surface area contributed by atoms with Crippen molar-refractivity contribution in [3.8, 4) is 11.5 Å². The Bertz CT molecular complexity index is 748. The molecule has 2 aromatic rings. The molecule has 0 aliphatic carbocycles. The third-order valence-corrected chi connectivity index (χ3v) is 2.91. The number of nitrogens with zero attached hydrogens (tertiary/aromatic N) is 4. The van der Waals surface area contributed by atoms with E-state index < -0.39 is 10.8 Å². The second-order valence-electron chi connectivity index (χ2n) is 6.24. The van der Waals surface area contributed by atoms with Gasteiger partial charge in [-0.1, -0.05) is 20.8 Å². The van der Waals surface area contributed by atoms with Crippen LogP contribution in [-0.2, 0) is 0 Å². The van der Waals surface area contributed by atoms with E-state index in [1.165, 1.54) is 6.07 Å². The quantitative estimate of drug-likeness (QED) is 0.676. The highest BCUT2D eigenvalue weighted by Crippen LogP contribution is 2.24. The fourth-order valence-corrected chi connectivity index (χ4v) is 1.68. The maximum atomic E-state index is 12.0. The Morgan fingerprint density at radius 3 is 2.70 bits per heavy atom. The Morgan fingerprint density at radius 2 is 2.09 bits per heavy atom. The van der Waals surface area contributed by atoms with Crippen LogP contribution >= 0.6 is 0 Å². The van der Waals surface area contributed by atoms with Crippen molar-refractivity contribution in [1.29, 1.82) is 0 Å². The number of carbonyl (C=O) groups excluding carboxylic acids is 1. The third-order valence-electron chi connectivity index (χ3n) is 2.91. The van der Waals surface area contributed by atoms with E-state index in [2.05, 4.69) is 20.5 Å². The van der Waals surface area contributed by atoms with Crippen LogP contribution in [0.5, 0.6) is 0 Å². The highest BCUT2D eigenvalue weighted by molar-refractivity contribution is 5.89. The van der Waals surface area contributed by atoms with Gasteiger partial charge in [-0.05, 0) is 12.3 Å². The summed E-state index contributed by atoms with van der Waals surface area (Å²) in [5.74, 6) is -0.676. The summed E-state index contributed by atoms with van der Waals surface area (Å²) < 4.78 is 5.32. The molecule has 0 atom stereocenters. The molecule has 0 unspecified atom stereocenters. The number of pyridine rings is 1. The van der Waals surface area contributed by atoms with E-state index in [-0.39, 0.29) is 22.9 Å². The largest absolute Gasteiger partial charge is 0.412 e. The standard InChI is InChI=1S/C14H17N5O4/c1-8-10(5-9(6-15-8)19(21)22)12-17-18-13(23-12)11(20)16-7-14(2,3)4/h5-6H,7H2,1-4H3,(H,16,20). The van der Waals surface area contributed by atoms with Gasteiger partial charge in [0.2, 0.25) is 5.89 Å². The van der Waals surface area contributed by atoms with Crippen LogP contribution in [0.4, 0.5) is 5.69 Å². The van der Waals surface area contributed by atoms with E-state index in [0.717, 1.165) is 6.20 Å². The van der Waals surface area contributed by atoms with E-state index in [1.807, 2.05) is 20.8 Å². The smallest absolute Gasteiger partial charge is 0.308 e. The summed E-state index contributed by atoms with van der Waals surface area (Å²) in [4.78, 5) is 26.2. The van der Waals surface area contributed by atoms with Gasteiger partial charge in [-0.15, -0.1) is 10.2 Å². The number of rotatable bonds is 4. The molecule has 0 radical (unpaired) electrons. The molecule has 1 N–H and O–H groups in total. The molecule has 9 heteroatoms. The van der Waals surface area contributed by atoms with Crippen molar-refractivity contribution in [2.75, 3.05) is 6.54 Å². The summed E-state index contributed by atoms with van der Waals surface area (Å²) >= 11 is 0. The number of aryl methyl sites for hydroxylation is 1. The molecule has 1 amide bonds. The summed E-state index contributed by atoms with van der Waals surface area (Å²) in [6.45, 7) is 8.03. The average molecular weight is 319 g/mol. The molecule has 0 saturated carbocycles. The van der Waals surface area contributed by atoms with Crippen molar-refractivity contribution < 1.29 is 14.1 Å². The van der Waals surface area contributed by atoms with Crippen LogP contribution in [0, 0.1) is 22.5 Å². The van der Waals surface area contributed by atoms with Crippen molar-refractivity contribution in [3.63, 3.8) is 0 Å². The molecule has 0 bridgehead atoms. The number of nitrogens with one attached hydrogen (secondary N) is 1. The number of amides is 1. The zero-order valence-corrected chi connectivity index (χ0v) is 13.3. The van der Waals surface area contributed by atoms with Crippen LogP contribution in [0.2, 0.25) is 0 Å². The number of nitro groups is 1. The summed E-state index contributed by atoms with van der Waals surface area (Å²) in [5, 5.41) is 21.0. The lowest BCUT2D eigenvalue weighted by Crippen LogP contribution is -2.32. The van der Waals surface area contributed by atoms with Gasteiger partial charge in [0.05, 0.1) is 16.2 Å².